The first-order valence-corrected chi connectivity index (χ1v) is 15.6. The van der Waals surface area contributed by atoms with Gasteiger partial charge in [0.15, 0.2) is 8.32 Å². The van der Waals surface area contributed by atoms with Gasteiger partial charge in [0, 0.05) is 11.8 Å². The Bertz CT molecular complexity index is 983. The number of hydrogen-bond acceptors (Lipinski definition) is 8. The average molecular weight is 596 g/mol. The van der Waals surface area contributed by atoms with E-state index in [9.17, 15) is 10.3 Å². The molecular weight excluding hydrogens is 563 g/mol. The second kappa shape index (κ2) is 13.0. The normalized spacial score (nSPS) is 24.6. The van der Waals surface area contributed by atoms with Crippen LogP contribution in [0.25, 0.3) is 10.4 Å². The minimum Gasteiger partial charge on any atom is -0.463 e. The average Bonchev–Trinajstić information content (AvgIpc) is 2.78. The number of nitrogens with zero attached hydrogens (tertiary/aromatic N) is 3. The molecule has 206 valence electrons. The van der Waals surface area contributed by atoms with Gasteiger partial charge >= 0.3 is 5.97 Å². The van der Waals surface area contributed by atoms with Gasteiger partial charge in [-0.25, -0.2) is 0 Å². The zero-order chi connectivity index (χ0) is 28.0. The van der Waals surface area contributed by atoms with Crippen LogP contribution in [0.5, 0.6) is 0 Å². The number of azide groups is 1. The number of carbonyl (C=O) groups excluding carboxylic acids is 1. The van der Waals surface area contributed by atoms with Crippen molar-refractivity contribution in [3.05, 3.63) is 46.3 Å². The van der Waals surface area contributed by atoms with Crippen LogP contribution >= 0.6 is 34.8 Å². The minimum absolute atomic E-state index is 0.148. The standard InChI is InChI=1S/C23H33Cl3N4O6Si/c1-14(31)32-13-16-18(36-37(5,6)22(2,3)4)19(33-12-15-10-8-7-9-11-15)17(29-30-28)20(34-16)35-21(27)23(24,25)26/h7-11,16-20,27H,12-13H2,1-6H3. The van der Waals surface area contributed by atoms with E-state index in [1.807, 2.05) is 43.4 Å². The smallest absolute Gasteiger partial charge is 0.302 e. The zero-order valence-electron chi connectivity index (χ0n) is 21.6. The molecule has 0 aliphatic carbocycles. The Kier molecular flexibility index (Phi) is 11.1. The molecule has 0 bridgehead atoms. The van der Waals surface area contributed by atoms with Gasteiger partial charge in [0.05, 0.1) is 6.61 Å². The largest absolute Gasteiger partial charge is 0.463 e. The summed E-state index contributed by atoms with van der Waals surface area (Å²) in [7, 11) is -2.46. The van der Waals surface area contributed by atoms with Crippen LogP contribution in [-0.4, -0.2) is 61.2 Å². The highest BCUT2D eigenvalue weighted by Crippen LogP contribution is 2.41. The van der Waals surface area contributed by atoms with E-state index >= 15 is 0 Å². The molecule has 37 heavy (non-hydrogen) atoms. The van der Waals surface area contributed by atoms with Crippen molar-refractivity contribution in [2.24, 2.45) is 5.11 Å². The van der Waals surface area contributed by atoms with Crippen molar-refractivity contribution in [3.8, 4) is 0 Å². The van der Waals surface area contributed by atoms with Gasteiger partial charge in [-0.15, -0.1) is 0 Å². The number of halogens is 3. The summed E-state index contributed by atoms with van der Waals surface area (Å²) in [4.78, 5) is 14.6. The molecule has 1 aromatic rings. The molecule has 1 heterocycles. The molecule has 1 saturated heterocycles. The van der Waals surface area contributed by atoms with Crippen molar-refractivity contribution in [1.29, 1.82) is 5.41 Å². The summed E-state index contributed by atoms with van der Waals surface area (Å²) in [6, 6.07) is 8.25. The fourth-order valence-corrected chi connectivity index (χ4v) is 4.76. The van der Waals surface area contributed by atoms with Crippen LogP contribution < -0.4 is 0 Å². The van der Waals surface area contributed by atoms with Crippen LogP contribution in [0.4, 0.5) is 0 Å². The van der Waals surface area contributed by atoms with Gasteiger partial charge in [-0.2, -0.15) is 0 Å². The molecule has 5 unspecified atom stereocenters. The molecule has 0 saturated carbocycles. The van der Waals surface area contributed by atoms with E-state index in [0.717, 1.165) is 5.56 Å². The lowest BCUT2D eigenvalue weighted by Crippen LogP contribution is -2.63. The van der Waals surface area contributed by atoms with Gasteiger partial charge in [0.2, 0.25) is 12.2 Å². The van der Waals surface area contributed by atoms with E-state index in [-0.39, 0.29) is 18.3 Å². The van der Waals surface area contributed by atoms with Gasteiger partial charge in [-0.1, -0.05) is 91.0 Å². The quantitative estimate of drug-likeness (QED) is 0.0520. The fraction of sp³-hybridized carbons (Fsp3) is 0.652. The molecule has 1 aromatic carbocycles. The second-order valence-electron chi connectivity index (χ2n) is 10.1. The molecule has 0 aromatic heterocycles. The summed E-state index contributed by atoms with van der Waals surface area (Å²) in [5.74, 6) is -1.27. The number of ether oxygens (including phenoxy) is 4. The Hall–Kier alpha value is -1.56. The van der Waals surface area contributed by atoms with Crippen molar-refractivity contribution in [2.75, 3.05) is 6.61 Å². The number of esters is 1. The third kappa shape index (κ3) is 9.00. The van der Waals surface area contributed by atoms with Crippen molar-refractivity contribution < 1.29 is 28.2 Å². The number of alkyl halides is 3. The molecule has 2 rings (SSSR count). The molecule has 1 N–H and O–H groups in total. The van der Waals surface area contributed by atoms with Gasteiger partial charge in [-0.05, 0) is 29.2 Å². The number of nitrogens with one attached hydrogen (secondary N) is 1. The Morgan fingerprint density at radius 2 is 1.81 bits per heavy atom. The van der Waals surface area contributed by atoms with Crippen LogP contribution in [0.3, 0.4) is 0 Å². The van der Waals surface area contributed by atoms with E-state index in [1.54, 1.807) is 0 Å². The van der Waals surface area contributed by atoms with Crippen molar-refractivity contribution in [3.63, 3.8) is 0 Å². The zero-order valence-corrected chi connectivity index (χ0v) is 24.9. The lowest BCUT2D eigenvalue weighted by atomic mass is 9.97. The summed E-state index contributed by atoms with van der Waals surface area (Å²) in [5, 5.41) is 11.7. The maximum Gasteiger partial charge on any atom is 0.302 e. The first-order valence-electron chi connectivity index (χ1n) is 11.6. The van der Waals surface area contributed by atoms with Crippen LogP contribution in [0, 0.1) is 5.41 Å². The topological polar surface area (TPSA) is 136 Å². The Morgan fingerprint density at radius 3 is 2.32 bits per heavy atom. The number of benzene rings is 1. The predicted octanol–water partition coefficient (Wildman–Crippen LogP) is 6.29. The highest BCUT2D eigenvalue weighted by Gasteiger charge is 2.53. The fourth-order valence-electron chi connectivity index (χ4n) is 3.30. The van der Waals surface area contributed by atoms with Crippen molar-refractivity contribution in [2.45, 2.75) is 86.9 Å². The van der Waals surface area contributed by atoms with E-state index in [1.165, 1.54) is 6.92 Å². The maximum absolute atomic E-state index is 11.7. The third-order valence-electron chi connectivity index (χ3n) is 6.26. The van der Waals surface area contributed by atoms with Crippen LogP contribution in [0.1, 0.15) is 33.3 Å². The van der Waals surface area contributed by atoms with Crippen LogP contribution in [0.2, 0.25) is 18.1 Å². The molecule has 14 heteroatoms. The van der Waals surface area contributed by atoms with E-state index in [0.29, 0.717) is 0 Å². The summed E-state index contributed by atoms with van der Waals surface area (Å²) >= 11 is 17.4. The van der Waals surface area contributed by atoms with Gasteiger partial charge in [-0.3, -0.25) is 10.2 Å². The molecule has 1 aliphatic heterocycles. The van der Waals surface area contributed by atoms with Crippen molar-refractivity contribution in [1.82, 2.24) is 0 Å². The Morgan fingerprint density at radius 1 is 1.19 bits per heavy atom. The second-order valence-corrected chi connectivity index (χ2v) is 17.1. The van der Waals surface area contributed by atoms with Crippen LogP contribution in [-0.2, 0) is 34.8 Å². The summed E-state index contributed by atoms with van der Waals surface area (Å²) in [6.07, 6.45) is -4.04. The van der Waals surface area contributed by atoms with Gasteiger partial charge in [0.1, 0.15) is 31.0 Å². The molecule has 0 amide bonds. The third-order valence-corrected chi connectivity index (χ3v) is 11.3. The number of carbonyl (C=O) groups is 1. The molecule has 1 fully saturated rings. The van der Waals surface area contributed by atoms with Crippen molar-refractivity contribution >= 4 is 55.0 Å². The SMILES string of the molecule is CC(=O)OCC1OC(OC(=N)C(Cl)(Cl)Cl)C(N=[N+]=[N-])C(OCc2ccccc2)C1O[Si](C)(C)C(C)(C)C. The predicted molar refractivity (Wildman–Crippen MR) is 144 cm³/mol. The number of hydrogen-bond donors (Lipinski definition) is 1. The van der Waals surface area contributed by atoms with E-state index in [4.69, 9.17) is 63.6 Å². The van der Waals surface area contributed by atoms with Gasteiger partial charge < -0.3 is 23.4 Å². The van der Waals surface area contributed by atoms with Crippen LogP contribution in [0.15, 0.2) is 35.4 Å². The molecule has 0 spiro atoms. The molecule has 5 atom stereocenters. The summed E-state index contributed by atoms with van der Waals surface area (Å²) in [6.45, 7) is 11.5. The first-order chi connectivity index (χ1) is 17.1. The van der Waals surface area contributed by atoms with E-state index < -0.39 is 54.6 Å². The first kappa shape index (κ1) is 31.7. The summed E-state index contributed by atoms with van der Waals surface area (Å²) in [5.41, 5.74) is 10.2. The highest BCUT2D eigenvalue weighted by atomic mass is 35.6. The lowest BCUT2D eigenvalue weighted by Gasteiger charge is -2.49. The monoisotopic (exact) mass is 594 g/mol. The Balaban J connectivity index is 2.54. The molecule has 10 nitrogen and oxygen atoms in total. The van der Waals surface area contributed by atoms with Gasteiger partial charge in [0.25, 0.3) is 3.79 Å². The number of rotatable bonds is 9. The minimum atomic E-state index is -2.46. The lowest BCUT2D eigenvalue weighted by molar-refractivity contribution is -0.252. The highest BCUT2D eigenvalue weighted by molar-refractivity contribution is 6.76. The molecule has 1 aliphatic rings. The maximum atomic E-state index is 11.7. The Labute approximate surface area is 233 Å². The van der Waals surface area contributed by atoms with E-state index in [2.05, 4.69) is 30.8 Å². The summed E-state index contributed by atoms with van der Waals surface area (Å²) < 4.78 is 27.7. The molecular formula is C23H33Cl3N4O6Si. The molecule has 0 radical (unpaired) electrons.